The molecule has 1 aromatic carbocycles. The van der Waals surface area contributed by atoms with E-state index in [1.807, 2.05) is 6.07 Å². The van der Waals surface area contributed by atoms with Crippen molar-refractivity contribution in [3.8, 4) is 29.2 Å². The number of alkyl halides is 3. The number of benzene rings is 1. The second kappa shape index (κ2) is 6.41. The molecule has 1 N–H and O–H groups in total. The van der Waals surface area contributed by atoms with Crippen LogP contribution in [0.1, 0.15) is 17.0 Å². The fourth-order valence-electron chi connectivity index (χ4n) is 2.32. The number of aromatic nitrogens is 3. The van der Waals surface area contributed by atoms with Crippen LogP contribution in [0.4, 0.5) is 13.2 Å². The molecule has 0 saturated heterocycles. The highest BCUT2D eigenvalue weighted by molar-refractivity contribution is 6.37. The van der Waals surface area contributed by atoms with Gasteiger partial charge in [0, 0.05) is 18.0 Å². The van der Waals surface area contributed by atoms with Gasteiger partial charge in [-0.1, -0.05) is 23.2 Å². The van der Waals surface area contributed by atoms with Crippen molar-refractivity contribution in [3.63, 3.8) is 0 Å². The Kier molecular flexibility index (Phi) is 4.41. The molecule has 130 valence electrons. The Morgan fingerprint density at radius 2 is 1.77 bits per heavy atom. The Morgan fingerprint density at radius 3 is 2.27 bits per heavy atom. The monoisotopic (exact) mass is 395 g/mol. The van der Waals surface area contributed by atoms with Crippen molar-refractivity contribution in [2.45, 2.75) is 6.18 Å². The molecule has 2 heterocycles. The maximum Gasteiger partial charge on any atom is 0.416 e. The lowest BCUT2D eigenvalue weighted by Crippen LogP contribution is -2.06. The molecule has 3 aromatic rings. The molecule has 0 atom stereocenters. The molecule has 0 aliphatic heterocycles. The van der Waals surface area contributed by atoms with Crippen LogP contribution in [0.25, 0.3) is 17.1 Å². The first kappa shape index (κ1) is 17.9. The van der Waals surface area contributed by atoms with Crippen LogP contribution < -0.4 is 0 Å². The lowest BCUT2D eigenvalue weighted by molar-refractivity contribution is -0.137. The molecule has 3 rings (SSSR count). The zero-order chi connectivity index (χ0) is 19.1. The van der Waals surface area contributed by atoms with Gasteiger partial charge in [0.15, 0.2) is 11.4 Å². The average molecular weight is 396 g/mol. The highest BCUT2D eigenvalue weighted by Crippen LogP contribution is 2.38. The van der Waals surface area contributed by atoms with Gasteiger partial charge in [0.05, 0.1) is 21.3 Å². The molecule has 0 aliphatic rings. The van der Waals surface area contributed by atoms with E-state index in [4.69, 9.17) is 33.7 Å². The smallest absolute Gasteiger partial charge is 0.329 e. The van der Waals surface area contributed by atoms with Gasteiger partial charge in [-0.3, -0.25) is 0 Å². The van der Waals surface area contributed by atoms with E-state index in [1.54, 1.807) is 12.1 Å². The van der Waals surface area contributed by atoms with E-state index in [0.717, 1.165) is 12.1 Å². The molecule has 0 spiro atoms. The predicted octanol–water partition coefficient (Wildman–Crippen LogP) is 4.94. The molecule has 0 fully saturated rings. The molecule has 0 amide bonds. The summed E-state index contributed by atoms with van der Waals surface area (Å²) in [7, 11) is 0. The molecule has 0 radical (unpaired) electrons. The summed E-state index contributed by atoms with van der Waals surface area (Å²) in [5.41, 5.74) is -0.330. The van der Waals surface area contributed by atoms with Crippen molar-refractivity contribution in [2.24, 2.45) is 0 Å². The minimum atomic E-state index is -4.57. The fraction of sp³-hybridized carbons (Fsp3) is 0.0625. The number of nitriles is 2. The van der Waals surface area contributed by atoms with E-state index in [9.17, 15) is 13.2 Å². The van der Waals surface area contributed by atoms with Gasteiger partial charge in [0.2, 0.25) is 0 Å². The van der Waals surface area contributed by atoms with Crippen LogP contribution in [0, 0.1) is 22.7 Å². The minimum Gasteiger partial charge on any atom is -0.329 e. The third kappa shape index (κ3) is 3.13. The molecule has 5 nitrogen and oxygen atoms in total. The van der Waals surface area contributed by atoms with Gasteiger partial charge in [-0.2, -0.15) is 23.7 Å². The van der Waals surface area contributed by atoms with Crippen LogP contribution in [0.3, 0.4) is 0 Å². The summed E-state index contributed by atoms with van der Waals surface area (Å²) >= 11 is 12.0. The van der Waals surface area contributed by atoms with E-state index in [0.29, 0.717) is 5.56 Å². The van der Waals surface area contributed by atoms with E-state index < -0.39 is 11.7 Å². The molecule has 2 aromatic heterocycles. The Balaban J connectivity index is 2.05. The van der Waals surface area contributed by atoms with Crippen molar-refractivity contribution in [1.29, 1.82) is 10.5 Å². The van der Waals surface area contributed by atoms with Crippen LogP contribution in [-0.4, -0.2) is 14.5 Å². The number of nitrogens with zero attached hydrogens (tertiary/aromatic N) is 4. The molecule has 0 bridgehead atoms. The van der Waals surface area contributed by atoms with Crippen LogP contribution >= 0.6 is 23.2 Å². The van der Waals surface area contributed by atoms with Gasteiger partial charge in [-0.05, 0) is 18.2 Å². The van der Waals surface area contributed by atoms with Gasteiger partial charge < -0.3 is 9.55 Å². The summed E-state index contributed by atoms with van der Waals surface area (Å²) in [6.45, 7) is 0. The van der Waals surface area contributed by atoms with Crippen LogP contribution in [0.15, 0.2) is 30.6 Å². The van der Waals surface area contributed by atoms with Crippen LogP contribution in [0.5, 0.6) is 0 Å². The van der Waals surface area contributed by atoms with Gasteiger partial charge >= 0.3 is 6.18 Å². The lowest BCUT2D eigenvalue weighted by atomic mass is 10.2. The largest absolute Gasteiger partial charge is 0.416 e. The third-order valence-electron chi connectivity index (χ3n) is 3.49. The number of halogens is 5. The number of aromatic amines is 1. The van der Waals surface area contributed by atoms with E-state index in [1.165, 1.54) is 17.0 Å². The molecule has 0 saturated carbocycles. The zero-order valence-corrected chi connectivity index (χ0v) is 14.1. The minimum absolute atomic E-state index is 0.0147. The van der Waals surface area contributed by atoms with Gasteiger partial charge in [-0.25, -0.2) is 4.98 Å². The first-order valence-electron chi connectivity index (χ1n) is 6.89. The van der Waals surface area contributed by atoms with Crippen molar-refractivity contribution < 1.29 is 13.2 Å². The summed E-state index contributed by atoms with van der Waals surface area (Å²) in [6, 6.07) is 6.78. The van der Waals surface area contributed by atoms with E-state index in [2.05, 4.69) is 9.97 Å². The molecule has 10 heteroatoms. The molecule has 0 aliphatic carbocycles. The first-order valence-corrected chi connectivity index (χ1v) is 7.65. The van der Waals surface area contributed by atoms with Crippen molar-refractivity contribution in [3.05, 3.63) is 57.6 Å². The molecule has 0 unspecified atom stereocenters. The maximum absolute atomic E-state index is 12.8. The zero-order valence-electron chi connectivity index (χ0n) is 12.6. The first-order chi connectivity index (χ1) is 12.2. The van der Waals surface area contributed by atoms with E-state index >= 15 is 0 Å². The predicted molar refractivity (Wildman–Crippen MR) is 87.8 cm³/mol. The SMILES string of the molecule is N#Cc1nc(-c2ccn(-c3c(Cl)cc(C(F)(F)F)cc3Cl)c2)[nH]c1C#N. The number of nitrogens with one attached hydrogen (secondary N) is 1. The maximum atomic E-state index is 12.8. The molecular weight excluding hydrogens is 390 g/mol. The van der Waals surface area contributed by atoms with Crippen LogP contribution in [-0.2, 0) is 6.18 Å². The Labute approximate surface area is 154 Å². The highest BCUT2D eigenvalue weighted by Gasteiger charge is 2.32. The number of hydrogen-bond donors (Lipinski definition) is 1. The lowest BCUT2D eigenvalue weighted by Gasteiger charge is -2.13. The molecular formula is C16H6Cl2F3N5. The Hall–Kier alpha value is -2.94. The summed E-state index contributed by atoms with van der Waals surface area (Å²) in [6.07, 6.45) is -1.53. The van der Waals surface area contributed by atoms with Crippen molar-refractivity contribution >= 4 is 23.2 Å². The Morgan fingerprint density at radius 1 is 1.12 bits per heavy atom. The van der Waals surface area contributed by atoms with E-state index in [-0.39, 0.29) is 32.9 Å². The third-order valence-corrected chi connectivity index (χ3v) is 4.07. The van der Waals surface area contributed by atoms with Gasteiger partial charge in [0.1, 0.15) is 18.0 Å². The average Bonchev–Trinajstić information content (AvgIpc) is 3.19. The quantitative estimate of drug-likeness (QED) is 0.667. The topological polar surface area (TPSA) is 81.2 Å². The summed E-state index contributed by atoms with van der Waals surface area (Å²) in [5.74, 6) is 0.260. The molecule has 26 heavy (non-hydrogen) atoms. The summed E-state index contributed by atoms with van der Waals surface area (Å²) in [4.78, 5) is 6.70. The normalized spacial score (nSPS) is 11.2. The highest BCUT2D eigenvalue weighted by atomic mass is 35.5. The van der Waals surface area contributed by atoms with Crippen molar-refractivity contribution in [2.75, 3.05) is 0 Å². The summed E-state index contributed by atoms with van der Waals surface area (Å²) in [5, 5.41) is 17.5. The number of H-pyrrole nitrogens is 1. The fourth-order valence-corrected chi connectivity index (χ4v) is 3.01. The number of imidazole rings is 1. The second-order valence-electron chi connectivity index (χ2n) is 5.13. The number of rotatable bonds is 2. The number of hydrogen-bond acceptors (Lipinski definition) is 3. The standard InChI is InChI=1S/C16H6Cl2F3N5/c17-10-3-9(16(19,20)21)4-11(18)14(10)26-2-1-8(7-26)15-24-12(5-22)13(6-23)25-15/h1-4,7H,(H,24,25). The Bertz CT molecular complexity index is 1030. The van der Waals surface area contributed by atoms with Gasteiger partial charge in [0.25, 0.3) is 0 Å². The summed E-state index contributed by atoms with van der Waals surface area (Å²) < 4.78 is 39.9. The van der Waals surface area contributed by atoms with Crippen LogP contribution in [0.2, 0.25) is 10.0 Å². The van der Waals surface area contributed by atoms with Gasteiger partial charge in [-0.15, -0.1) is 0 Å². The van der Waals surface area contributed by atoms with Crippen molar-refractivity contribution in [1.82, 2.24) is 14.5 Å². The second-order valence-corrected chi connectivity index (χ2v) is 5.94.